The highest BCUT2D eigenvalue weighted by Crippen LogP contribution is 2.33. The molecular weight excluding hydrogens is 390 g/mol. The zero-order chi connectivity index (χ0) is 21.3. The van der Waals surface area contributed by atoms with Gasteiger partial charge in [0, 0.05) is 17.2 Å². The molecule has 2 heterocycles. The van der Waals surface area contributed by atoms with Crippen LogP contribution in [0.25, 0.3) is 22.4 Å². The first-order valence-electron chi connectivity index (χ1n) is 8.83. The van der Waals surface area contributed by atoms with Crippen LogP contribution < -0.4 is 15.2 Å². The summed E-state index contributed by atoms with van der Waals surface area (Å²) >= 11 is 0. The summed E-state index contributed by atoms with van der Waals surface area (Å²) in [6.07, 6.45) is 0. The maximum absolute atomic E-state index is 11.0. The number of fused-ring (bicyclic) bond motifs is 1. The lowest BCUT2D eigenvalue weighted by molar-refractivity contribution is -0.384. The van der Waals surface area contributed by atoms with Crippen LogP contribution in [0, 0.1) is 10.1 Å². The van der Waals surface area contributed by atoms with Crippen molar-refractivity contribution in [3.8, 4) is 22.8 Å². The van der Waals surface area contributed by atoms with Gasteiger partial charge in [0.05, 0.1) is 31.8 Å². The van der Waals surface area contributed by atoms with Gasteiger partial charge in [0.2, 0.25) is 5.95 Å². The van der Waals surface area contributed by atoms with Gasteiger partial charge in [-0.1, -0.05) is 17.3 Å². The Morgan fingerprint density at radius 1 is 1.10 bits per heavy atom. The highest BCUT2D eigenvalue weighted by molar-refractivity contribution is 5.89. The lowest BCUT2D eigenvalue weighted by atomic mass is 10.1. The third-order valence-electron chi connectivity index (χ3n) is 4.54. The maximum atomic E-state index is 11.0. The fourth-order valence-corrected chi connectivity index (χ4v) is 3.15. The van der Waals surface area contributed by atoms with Crippen molar-refractivity contribution in [1.29, 1.82) is 0 Å². The van der Waals surface area contributed by atoms with Crippen molar-refractivity contribution in [3.63, 3.8) is 0 Å². The van der Waals surface area contributed by atoms with Crippen molar-refractivity contribution in [2.24, 2.45) is 0 Å². The van der Waals surface area contributed by atoms with Gasteiger partial charge in [-0.3, -0.25) is 10.1 Å². The zero-order valence-corrected chi connectivity index (χ0v) is 16.1. The number of anilines is 1. The molecule has 0 aliphatic carbocycles. The van der Waals surface area contributed by atoms with Crippen molar-refractivity contribution >= 4 is 22.8 Å². The quantitative estimate of drug-likeness (QED) is 0.376. The summed E-state index contributed by atoms with van der Waals surface area (Å²) in [5, 5.41) is 19.4. The molecule has 2 aromatic heterocycles. The highest BCUT2D eigenvalue weighted by atomic mass is 16.6. The van der Waals surface area contributed by atoms with Gasteiger partial charge in [0.15, 0.2) is 11.2 Å². The van der Waals surface area contributed by atoms with Gasteiger partial charge in [-0.25, -0.2) is 9.67 Å². The molecule has 2 N–H and O–H groups in total. The van der Waals surface area contributed by atoms with Crippen LogP contribution >= 0.6 is 0 Å². The van der Waals surface area contributed by atoms with Gasteiger partial charge in [-0.05, 0) is 18.2 Å². The molecule has 4 rings (SSSR count). The Hall–Kier alpha value is -4.28. The Morgan fingerprint density at radius 2 is 1.87 bits per heavy atom. The van der Waals surface area contributed by atoms with E-state index in [-0.39, 0.29) is 18.2 Å². The van der Waals surface area contributed by atoms with E-state index < -0.39 is 4.92 Å². The van der Waals surface area contributed by atoms with Gasteiger partial charge >= 0.3 is 0 Å². The number of hydrogen-bond acceptors (Lipinski definition) is 9. The van der Waals surface area contributed by atoms with E-state index in [4.69, 9.17) is 15.2 Å². The second-order valence-corrected chi connectivity index (χ2v) is 6.30. The van der Waals surface area contributed by atoms with Crippen LogP contribution in [0.15, 0.2) is 42.5 Å². The number of benzene rings is 2. The first-order chi connectivity index (χ1) is 14.5. The fraction of sp³-hybridized carbons (Fsp3) is 0.158. The van der Waals surface area contributed by atoms with E-state index in [2.05, 4.69) is 20.3 Å². The predicted molar refractivity (Wildman–Crippen MR) is 108 cm³/mol. The van der Waals surface area contributed by atoms with Crippen LogP contribution in [0.5, 0.6) is 11.5 Å². The molecule has 0 atom stereocenters. The summed E-state index contributed by atoms with van der Waals surface area (Å²) in [6, 6.07) is 11.7. The third-order valence-corrected chi connectivity index (χ3v) is 4.54. The molecule has 0 aliphatic heterocycles. The summed E-state index contributed by atoms with van der Waals surface area (Å²) in [5.41, 5.74) is 8.64. The third kappa shape index (κ3) is 3.32. The Morgan fingerprint density at radius 3 is 2.60 bits per heavy atom. The van der Waals surface area contributed by atoms with E-state index >= 15 is 0 Å². The Bertz CT molecular complexity index is 1260. The molecule has 0 saturated heterocycles. The maximum Gasteiger partial charge on any atom is 0.273 e. The minimum atomic E-state index is -0.482. The standard InChI is InChI=1S/C19H17N7O4/c1-29-14-6-4-3-5-13(14)16-17-18(22-19(20)21-16)25(24-23-17)10-11-7-8-12(26(27)28)9-15(11)30-2/h3-9H,10H2,1-2H3,(H2,20,21,22). The molecule has 4 aromatic rings. The molecule has 0 amide bonds. The van der Waals surface area contributed by atoms with Crippen LogP contribution in [0.1, 0.15) is 5.56 Å². The number of nitrogen functional groups attached to an aromatic ring is 1. The van der Waals surface area contributed by atoms with Crippen LogP contribution in [0.4, 0.5) is 11.6 Å². The van der Waals surface area contributed by atoms with E-state index in [0.717, 1.165) is 0 Å². The monoisotopic (exact) mass is 407 g/mol. The predicted octanol–water partition coefficient (Wildman–Crippen LogP) is 2.44. The van der Waals surface area contributed by atoms with Crippen molar-refractivity contribution in [2.75, 3.05) is 20.0 Å². The average molecular weight is 407 g/mol. The largest absolute Gasteiger partial charge is 0.496 e. The summed E-state index contributed by atoms with van der Waals surface area (Å²) in [7, 11) is 3.01. The first-order valence-corrected chi connectivity index (χ1v) is 8.83. The molecule has 0 aliphatic rings. The normalized spacial score (nSPS) is 10.9. The molecule has 0 radical (unpaired) electrons. The minimum absolute atomic E-state index is 0.0580. The number of nitro groups is 1. The van der Waals surface area contributed by atoms with Crippen LogP contribution in [-0.2, 0) is 6.54 Å². The number of methoxy groups -OCH3 is 2. The van der Waals surface area contributed by atoms with Crippen molar-refractivity contribution in [2.45, 2.75) is 6.54 Å². The van der Waals surface area contributed by atoms with E-state index in [1.165, 1.54) is 23.9 Å². The Balaban J connectivity index is 1.81. The van der Waals surface area contributed by atoms with Crippen molar-refractivity contribution < 1.29 is 14.4 Å². The number of nitrogens with two attached hydrogens (primary N) is 1. The van der Waals surface area contributed by atoms with Crippen LogP contribution in [0.3, 0.4) is 0 Å². The molecule has 0 fully saturated rings. The molecule has 11 nitrogen and oxygen atoms in total. The highest BCUT2D eigenvalue weighted by Gasteiger charge is 2.19. The number of non-ortho nitro benzene ring substituents is 1. The van der Waals surface area contributed by atoms with Crippen LogP contribution in [-0.4, -0.2) is 44.1 Å². The number of hydrogen-bond donors (Lipinski definition) is 1. The van der Waals surface area contributed by atoms with E-state index in [9.17, 15) is 10.1 Å². The molecule has 0 spiro atoms. The Labute approximate surface area is 170 Å². The molecule has 2 aromatic carbocycles. The fourth-order valence-electron chi connectivity index (χ4n) is 3.15. The molecular formula is C19H17N7O4. The van der Waals surface area contributed by atoms with Crippen LogP contribution in [0.2, 0.25) is 0 Å². The summed E-state index contributed by atoms with van der Waals surface area (Å²) in [5.74, 6) is 1.03. The summed E-state index contributed by atoms with van der Waals surface area (Å²) in [4.78, 5) is 19.2. The van der Waals surface area contributed by atoms with Crippen molar-refractivity contribution in [3.05, 3.63) is 58.1 Å². The van der Waals surface area contributed by atoms with Gasteiger partial charge < -0.3 is 15.2 Å². The van der Waals surface area contributed by atoms with Crippen molar-refractivity contribution in [1.82, 2.24) is 25.0 Å². The van der Waals surface area contributed by atoms with Gasteiger partial charge in [0.1, 0.15) is 17.2 Å². The molecule has 0 saturated carbocycles. The molecule has 11 heteroatoms. The molecule has 0 bridgehead atoms. The number of ether oxygens (including phenoxy) is 2. The van der Waals surface area contributed by atoms with Gasteiger partial charge in [-0.15, -0.1) is 5.10 Å². The number of nitrogens with zero attached hydrogens (tertiary/aromatic N) is 6. The smallest absolute Gasteiger partial charge is 0.273 e. The topological polar surface area (TPSA) is 144 Å². The SMILES string of the molecule is COc1cc([N+](=O)[O-])ccc1Cn1nnc2c(-c3ccccc3OC)nc(N)nc21. The second kappa shape index (κ2) is 7.62. The number of rotatable bonds is 6. The zero-order valence-electron chi connectivity index (χ0n) is 16.1. The summed E-state index contributed by atoms with van der Waals surface area (Å²) < 4.78 is 12.3. The lowest BCUT2D eigenvalue weighted by Gasteiger charge is -2.10. The second-order valence-electron chi connectivity index (χ2n) is 6.30. The average Bonchev–Trinajstić information content (AvgIpc) is 3.15. The molecule has 152 valence electrons. The number of nitro benzene ring substituents is 1. The Kier molecular flexibility index (Phi) is 4.84. The lowest BCUT2D eigenvalue weighted by Crippen LogP contribution is -2.06. The minimum Gasteiger partial charge on any atom is -0.496 e. The first kappa shape index (κ1) is 19.1. The van der Waals surface area contributed by atoms with E-state index in [1.54, 1.807) is 13.2 Å². The van der Waals surface area contributed by atoms with E-state index in [0.29, 0.717) is 39.5 Å². The molecule has 30 heavy (non-hydrogen) atoms. The summed E-state index contributed by atoms with van der Waals surface area (Å²) in [6.45, 7) is 0.222. The van der Waals surface area contributed by atoms with Gasteiger partial charge in [0.25, 0.3) is 5.69 Å². The number of aromatic nitrogens is 5. The number of para-hydroxylation sites is 1. The van der Waals surface area contributed by atoms with Gasteiger partial charge in [-0.2, -0.15) is 4.98 Å². The van der Waals surface area contributed by atoms with E-state index in [1.807, 2.05) is 24.3 Å². The molecule has 0 unspecified atom stereocenters.